The third-order valence-corrected chi connectivity index (χ3v) is 4.38. The third kappa shape index (κ3) is 7.19. The van der Waals surface area contributed by atoms with Crippen LogP contribution in [-0.2, 0) is 10.0 Å². The van der Waals surface area contributed by atoms with E-state index in [1.54, 1.807) is 7.05 Å². The van der Waals surface area contributed by atoms with Gasteiger partial charge in [0.15, 0.2) is 0 Å². The molecular formula is C11H26N2O2S. The van der Waals surface area contributed by atoms with Gasteiger partial charge in [-0.15, -0.1) is 0 Å². The van der Waals surface area contributed by atoms with Gasteiger partial charge >= 0.3 is 0 Å². The topological polar surface area (TPSA) is 49.4 Å². The molecule has 0 aliphatic rings. The lowest BCUT2D eigenvalue weighted by molar-refractivity contribution is 0.466. The predicted molar refractivity (Wildman–Crippen MR) is 69.1 cm³/mol. The van der Waals surface area contributed by atoms with E-state index in [0.717, 1.165) is 38.8 Å². The van der Waals surface area contributed by atoms with Crippen LogP contribution in [0, 0.1) is 0 Å². The summed E-state index contributed by atoms with van der Waals surface area (Å²) in [5.74, 6) is 0.275. The Bertz CT molecular complexity index is 253. The maximum Gasteiger partial charge on any atom is 0.213 e. The average Bonchev–Trinajstić information content (AvgIpc) is 2.23. The van der Waals surface area contributed by atoms with Crippen molar-refractivity contribution in [2.24, 2.45) is 0 Å². The highest BCUT2D eigenvalue weighted by Gasteiger charge is 2.15. The lowest BCUT2D eigenvalue weighted by atomic mass is 10.3. The van der Waals surface area contributed by atoms with Crippen LogP contribution in [0.25, 0.3) is 0 Å². The van der Waals surface area contributed by atoms with Gasteiger partial charge in [0.05, 0.1) is 5.75 Å². The van der Waals surface area contributed by atoms with E-state index >= 15 is 0 Å². The van der Waals surface area contributed by atoms with Crippen molar-refractivity contribution in [1.82, 2.24) is 9.62 Å². The lowest BCUT2D eigenvalue weighted by Crippen LogP contribution is -2.30. The molecule has 0 fully saturated rings. The van der Waals surface area contributed by atoms with Crippen LogP contribution in [0.3, 0.4) is 0 Å². The lowest BCUT2D eigenvalue weighted by Gasteiger charge is -2.15. The van der Waals surface area contributed by atoms with E-state index in [4.69, 9.17) is 0 Å². The molecule has 0 aliphatic heterocycles. The number of hydrogen-bond donors (Lipinski definition) is 1. The molecule has 0 aromatic rings. The van der Waals surface area contributed by atoms with Gasteiger partial charge in [0.1, 0.15) is 0 Å². The molecule has 0 spiro atoms. The second-order valence-electron chi connectivity index (χ2n) is 4.09. The number of unbranched alkanes of at least 4 members (excludes halogenated alkanes) is 1. The predicted octanol–water partition coefficient (Wildman–Crippen LogP) is 1.44. The molecule has 0 radical (unpaired) electrons. The van der Waals surface area contributed by atoms with Crippen molar-refractivity contribution in [3.8, 4) is 0 Å². The molecule has 0 aromatic heterocycles. The standard InChI is InChI=1S/C11H26N2O2S/c1-4-8-12-9-6-7-11-16(14,15)13(3)10-5-2/h12H,4-11H2,1-3H3. The van der Waals surface area contributed by atoms with Crippen LogP contribution in [0.2, 0.25) is 0 Å². The molecule has 0 heterocycles. The van der Waals surface area contributed by atoms with Crippen LogP contribution in [-0.4, -0.2) is 45.2 Å². The fraction of sp³-hybridized carbons (Fsp3) is 1.00. The summed E-state index contributed by atoms with van der Waals surface area (Å²) in [4.78, 5) is 0. The molecule has 16 heavy (non-hydrogen) atoms. The highest BCUT2D eigenvalue weighted by atomic mass is 32.2. The molecule has 0 bridgehead atoms. The normalized spacial score (nSPS) is 12.2. The first-order chi connectivity index (χ1) is 7.54. The van der Waals surface area contributed by atoms with Crippen molar-refractivity contribution in [2.75, 3.05) is 32.4 Å². The Morgan fingerprint density at radius 2 is 1.75 bits per heavy atom. The number of rotatable bonds is 10. The number of nitrogens with one attached hydrogen (secondary N) is 1. The van der Waals surface area contributed by atoms with Crippen LogP contribution < -0.4 is 5.32 Å². The maximum absolute atomic E-state index is 11.7. The van der Waals surface area contributed by atoms with Gasteiger partial charge in [-0.2, -0.15) is 0 Å². The van der Waals surface area contributed by atoms with Crippen molar-refractivity contribution in [2.45, 2.75) is 39.5 Å². The summed E-state index contributed by atoms with van der Waals surface area (Å²) < 4.78 is 24.9. The Kier molecular flexibility index (Phi) is 8.89. The second kappa shape index (κ2) is 8.96. The van der Waals surface area contributed by atoms with Crippen LogP contribution in [0.15, 0.2) is 0 Å². The van der Waals surface area contributed by atoms with E-state index in [0.29, 0.717) is 6.54 Å². The zero-order valence-electron chi connectivity index (χ0n) is 10.8. The zero-order valence-corrected chi connectivity index (χ0v) is 11.6. The Balaban J connectivity index is 3.66. The van der Waals surface area contributed by atoms with Gasteiger partial charge in [-0.3, -0.25) is 0 Å². The molecule has 4 nitrogen and oxygen atoms in total. The van der Waals surface area contributed by atoms with Crippen molar-refractivity contribution in [1.29, 1.82) is 0 Å². The molecule has 0 rings (SSSR count). The molecule has 0 saturated carbocycles. The maximum atomic E-state index is 11.7. The summed E-state index contributed by atoms with van der Waals surface area (Å²) in [6, 6.07) is 0. The third-order valence-electron chi connectivity index (χ3n) is 2.45. The Labute approximate surface area is 100 Å². The van der Waals surface area contributed by atoms with E-state index in [-0.39, 0.29) is 5.75 Å². The Morgan fingerprint density at radius 1 is 1.06 bits per heavy atom. The molecule has 0 saturated heterocycles. The van der Waals surface area contributed by atoms with Crippen molar-refractivity contribution < 1.29 is 8.42 Å². The largest absolute Gasteiger partial charge is 0.317 e. The van der Waals surface area contributed by atoms with Crippen molar-refractivity contribution >= 4 is 10.0 Å². The fourth-order valence-corrected chi connectivity index (χ4v) is 2.79. The summed E-state index contributed by atoms with van der Waals surface area (Å²) in [5, 5.41) is 3.27. The quantitative estimate of drug-likeness (QED) is 0.597. The smallest absolute Gasteiger partial charge is 0.213 e. The highest BCUT2D eigenvalue weighted by Crippen LogP contribution is 2.02. The summed E-state index contributed by atoms with van der Waals surface area (Å²) in [5.41, 5.74) is 0. The minimum atomic E-state index is -3.01. The van der Waals surface area contributed by atoms with Gasteiger partial charge in [-0.25, -0.2) is 12.7 Å². The highest BCUT2D eigenvalue weighted by molar-refractivity contribution is 7.89. The van der Waals surface area contributed by atoms with Crippen molar-refractivity contribution in [3.63, 3.8) is 0 Å². The first-order valence-electron chi connectivity index (χ1n) is 6.19. The summed E-state index contributed by atoms with van der Waals surface area (Å²) in [6.07, 6.45) is 3.66. The number of sulfonamides is 1. The molecule has 0 unspecified atom stereocenters. The first-order valence-corrected chi connectivity index (χ1v) is 7.80. The van der Waals surface area contributed by atoms with Crippen LogP contribution in [0.5, 0.6) is 0 Å². The van der Waals surface area contributed by atoms with Gasteiger partial charge in [0, 0.05) is 13.6 Å². The van der Waals surface area contributed by atoms with Gasteiger partial charge in [-0.05, 0) is 38.8 Å². The van der Waals surface area contributed by atoms with E-state index in [9.17, 15) is 8.42 Å². The minimum absolute atomic E-state index is 0.275. The average molecular weight is 250 g/mol. The molecule has 5 heteroatoms. The van der Waals surface area contributed by atoms with Gasteiger partial charge in [0.2, 0.25) is 10.0 Å². The van der Waals surface area contributed by atoms with E-state index in [1.807, 2.05) is 6.92 Å². The number of hydrogen-bond acceptors (Lipinski definition) is 3. The molecule has 98 valence electrons. The summed E-state index contributed by atoms with van der Waals surface area (Å²) in [6.45, 7) is 6.66. The minimum Gasteiger partial charge on any atom is -0.317 e. The van der Waals surface area contributed by atoms with Gasteiger partial charge in [0.25, 0.3) is 0 Å². The monoisotopic (exact) mass is 250 g/mol. The molecule has 1 N–H and O–H groups in total. The van der Waals surface area contributed by atoms with Crippen LogP contribution in [0.4, 0.5) is 0 Å². The van der Waals surface area contributed by atoms with E-state index in [2.05, 4.69) is 12.2 Å². The van der Waals surface area contributed by atoms with Gasteiger partial charge in [-0.1, -0.05) is 13.8 Å². The summed E-state index contributed by atoms with van der Waals surface area (Å²) >= 11 is 0. The zero-order chi connectivity index (χ0) is 12.4. The summed E-state index contributed by atoms with van der Waals surface area (Å²) in [7, 11) is -1.35. The first kappa shape index (κ1) is 15.9. The molecule has 0 amide bonds. The van der Waals surface area contributed by atoms with Gasteiger partial charge < -0.3 is 5.32 Å². The molecule has 0 atom stereocenters. The molecule has 0 aliphatic carbocycles. The van der Waals surface area contributed by atoms with Crippen LogP contribution in [0.1, 0.15) is 39.5 Å². The fourth-order valence-electron chi connectivity index (χ4n) is 1.45. The second-order valence-corrected chi connectivity index (χ2v) is 6.29. The Morgan fingerprint density at radius 3 is 2.31 bits per heavy atom. The molecule has 0 aromatic carbocycles. The van der Waals surface area contributed by atoms with E-state index < -0.39 is 10.0 Å². The van der Waals surface area contributed by atoms with E-state index in [1.165, 1.54) is 4.31 Å². The Hall–Kier alpha value is -0.130. The van der Waals surface area contributed by atoms with Crippen LogP contribution >= 0.6 is 0 Å². The number of nitrogens with zero attached hydrogens (tertiary/aromatic N) is 1. The molecular weight excluding hydrogens is 224 g/mol. The van der Waals surface area contributed by atoms with Crippen molar-refractivity contribution in [3.05, 3.63) is 0 Å². The SMILES string of the molecule is CCCNCCCCS(=O)(=O)N(C)CCC.